The Bertz CT molecular complexity index is 634. The Morgan fingerprint density at radius 2 is 2.16 bits per heavy atom. The van der Waals surface area contributed by atoms with Crippen LogP contribution in [-0.2, 0) is 0 Å². The minimum Gasteiger partial charge on any atom is -0.508 e. The van der Waals surface area contributed by atoms with Crippen molar-refractivity contribution in [3.63, 3.8) is 0 Å². The Morgan fingerprint density at radius 3 is 2.79 bits per heavy atom. The molecule has 2 N–H and O–H groups in total. The molecule has 6 heteroatoms. The maximum absolute atomic E-state index is 11.7. The fourth-order valence-corrected chi connectivity index (χ4v) is 1.73. The maximum atomic E-state index is 11.7. The first-order valence-electron chi connectivity index (χ1n) is 5.45. The van der Waals surface area contributed by atoms with Crippen molar-refractivity contribution < 1.29 is 14.3 Å². The zero-order valence-corrected chi connectivity index (χ0v) is 11.6. The fourth-order valence-electron chi connectivity index (χ4n) is 1.42. The number of hydrazone groups is 1. The van der Waals surface area contributed by atoms with Crippen molar-refractivity contribution in [3.05, 3.63) is 52.4 Å². The van der Waals surface area contributed by atoms with E-state index < -0.39 is 5.91 Å². The van der Waals surface area contributed by atoms with Crippen molar-refractivity contribution in [2.75, 3.05) is 0 Å². The van der Waals surface area contributed by atoms with Gasteiger partial charge in [0.15, 0.2) is 10.4 Å². The van der Waals surface area contributed by atoms with Crippen molar-refractivity contribution in [1.82, 2.24) is 5.43 Å². The molecule has 1 amide bonds. The number of furan rings is 1. The van der Waals surface area contributed by atoms with E-state index in [2.05, 4.69) is 26.5 Å². The normalized spacial score (nSPS) is 11.4. The Kier molecular flexibility index (Phi) is 4.01. The SMILES string of the molecule is C/C(=N\NC(=O)c1ccc(Br)o1)c1cccc(O)c1. The smallest absolute Gasteiger partial charge is 0.307 e. The number of carbonyl (C=O) groups is 1. The Balaban J connectivity index is 2.08. The number of phenols is 1. The van der Waals surface area contributed by atoms with E-state index >= 15 is 0 Å². The van der Waals surface area contributed by atoms with Crippen LogP contribution < -0.4 is 5.43 Å². The Morgan fingerprint density at radius 1 is 1.37 bits per heavy atom. The van der Waals surface area contributed by atoms with Crippen LogP contribution in [0, 0.1) is 0 Å². The first kappa shape index (κ1) is 13.4. The standard InChI is InChI=1S/C13H11BrN2O3/c1-8(9-3-2-4-10(17)7-9)15-16-13(18)11-5-6-12(14)19-11/h2-7,17H,1H3,(H,16,18)/b15-8+. The average Bonchev–Trinajstić information content (AvgIpc) is 2.82. The molecule has 98 valence electrons. The van der Waals surface area contributed by atoms with Gasteiger partial charge in [0.1, 0.15) is 5.75 Å². The molecule has 0 aliphatic rings. The van der Waals surface area contributed by atoms with E-state index in [9.17, 15) is 9.90 Å². The van der Waals surface area contributed by atoms with Crippen LogP contribution >= 0.6 is 15.9 Å². The molecule has 1 aromatic carbocycles. The number of nitrogens with zero attached hydrogens (tertiary/aromatic N) is 1. The average molecular weight is 323 g/mol. The topological polar surface area (TPSA) is 74.8 Å². The maximum Gasteiger partial charge on any atom is 0.307 e. The van der Waals surface area contributed by atoms with Gasteiger partial charge in [-0.1, -0.05) is 12.1 Å². The molecule has 0 radical (unpaired) electrons. The number of phenolic OH excluding ortho intramolecular Hbond substituents is 1. The highest BCUT2D eigenvalue weighted by atomic mass is 79.9. The molecule has 19 heavy (non-hydrogen) atoms. The largest absolute Gasteiger partial charge is 0.508 e. The number of hydrogen-bond donors (Lipinski definition) is 2. The lowest BCUT2D eigenvalue weighted by atomic mass is 10.1. The molecule has 0 aliphatic carbocycles. The quantitative estimate of drug-likeness (QED) is 0.674. The van der Waals surface area contributed by atoms with Gasteiger partial charge in [0, 0.05) is 5.56 Å². The van der Waals surface area contributed by atoms with E-state index in [1.807, 2.05) is 0 Å². The molecule has 0 aliphatic heterocycles. The number of hydrogen-bond acceptors (Lipinski definition) is 4. The molecule has 0 saturated heterocycles. The zero-order chi connectivity index (χ0) is 13.8. The summed E-state index contributed by atoms with van der Waals surface area (Å²) in [4.78, 5) is 11.7. The summed E-state index contributed by atoms with van der Waals surface area (Å²) in [5.74, 6) is -0.127. The summed E-state index contributed by atoms with van der Waals surface area (Å²) >= 11 is 3.11. The molecule has 0 bridgehead atoms. The molecule has 5 nitrogen and oxygen atoms in total. The molecular formula is C13H11BrN2O3. The molecule has 0 fully saturated rings. The van der Waals surface area contributed by atoms with Gasteiger partial charge in [-0.15, -0.1) is 0 Å². The van der Waals surface area contributed by atoms with Gasteiger partial charge < -0.3 is 9.52 Å². The summed E-state index contributed by atoms with van der Waals surface area (Å²) < 4.78 is 5.58. The van der Waals surface area contributed by atoms with E-state index in [1.165, 1.54) is 0 Å². The third-order valence-electron chi connectivity index (χ3n) is 2.39. The molecule has 1 aromatic heterocycles. The molecule has 1 heterocycles. The van der Waals surface area contributed by atoms with Crippen LogP contribution in [0.5, 0.6) is 5.75 Å². The second-order valence-corrected chi connectivity index (χ2v) is 4.57. The van der Waals surface area contributed by atoms with Crippen LogP contribution in [-0.4, -0.2) is 16.7 Å². The van der Waals surface area contributed by atoms with E-state index in [0.29, 0.717) is 10.4 Å². The van der Waals surface area contributed by atoms with Gasteiger partial charge in [-0.3, -0.25) is 4.79 Å². The lowest BCUT2D eigenvalue weighted by Gasteiger charge is -2.02. The predicted octanol–water partition coefficient (Wildman–Crippen LogP) is 2.90. The lowest BCUT2D eigenvalue weighted by molar-refractivity contribution is 0.0926. The molecular weight excluding hydrogens is 312 g/mol. The third kappa shape index (κ3) is 3.45. The van der Waals surface area contributed by atoms with Crippen LogP contribution in [0.2, 0.25) is 0 Å². The molecule has 0 spiro atoms. The van der Waals surface area contributed by atoms with Crippen molar-refractivity contribution in [2.24, 2.45) is 5.10 Å². The monoisotopic (exact) mass is 322 g/mol. The van der Waals surface area contributed by atoms with Gasteiger partial charge >= 0.3 is 5.91 Å². The molecule has 0 atom stereocenters. The lowest BCUT2D eigenvalue weighted by Crippen LogP contribution is -2.18. The van der Waals surface area contributed by atoms with Crippen molar-refractivity contribution in [3.8, 4) is 5.75 Å². The van der Waals surface area contributed by atoms with Crippen LogP contribution in [0.15, 0.2) is 50.6 Å². The van der Waals surface area contributed by atoms with Gasteiger partial charge in [-0.2, -0.15) is 5.10 Å². The minimum atomic E-state index is -0.440. The fraction of sp³-hybridized carbons (Fsp3) is 0.0769. The van der Waals surface area contributed by atoms with Crippen molar-refractivity contribution in [2.45, 2.75) is 6.92 Å². The second-order valence-electron chi connectivity index (χ2n) is 3.79. The van der Waals surface area contributed by atoms with Crippen molar-refractivity contribution in [1.29, 1.82) is 0 Å². The van der Waals surface area contributed by atoms with E-state index in [1.54, 1.807) is 43.3 Å². The van der Waals surface area contributed by atoms with Gasteiger partial charge in [0.05, 0.1) is 5.71 Å². The molecule has 0 unspecified atom stereocenters. The highest BCUT2D eigenvalue weighted by Gasteiger charge is 2.09. The number of carbonyl (C=O) groups excluding carboxylic acids is 1. The van der Waals surface area contributed by atoms with Gasteiger partial charge in [-0.05, 0) is 47.1 Å². The van der Waals surface area contributed by atoms with E-state index in [4.69, 9.17) is 4.42 Å². The number of amides is 1. The van der Waals surface area contributed by atoms with E-state index in [0.717, 1.165) is 5.56 Å². The highest BCUT2D eigenvalue weighted by Crippen LogP contribution is 2.14. The Hall–Kier alpha value is -2.08. The van der Waals surface area contributed by atoms with Crippen LogP contribution in [0.1, 0.15) is 23.0 Å². The summed E-state index contributed by atoms with van der Waals surface area (Å²) in [5, 5.41) is 13.3. The van der Waals surface area contributed by atoms with Crippen LogP contribution in [0.25, 0.3) is 0 Å². The van der Waals surface area contributed by atoms with Gasteiger partial charge in [0.2, 0.25) is 0 Å². The Labute approximate surface area is 118 Å². The second kappa shape index (κ2) is 5.71. The summed E-state index contributed by atoms with van der Waals surface area (Å²) in [7, 11) is 0. The van der Waals surface area contributed by atoms with E-state index in [-0.39, 0.29) is 11.5 Å². The number of nitrogens with one attached hydrogen (secondary N) is 1. The molecule has 0 saturated carbocycles. The van der Waals surface area contributed by atoms with Gasteiger partial charge in [0.25, 0.3) is 0 Å². The number of rotatable bonds is 3. The molecule has 2 aromatic rings. The summed E-state index contributed by atoms with van der Waals surface area (Å²) in [6.45, 7) is 1.73. The zero-order valence-electron chi connectivity index (χ0n) is 10.1. The molecule has 2 rings (SSSR count). The van der Waals surface area contributed by atoms with Crippen LogP contribution in [0.3, 0.4) is 0 Å². The predicted molar refractivity (Wildman–Crippen MR) is 74.2 cm³/mol. The highest BCUT2D eigenvalue weighted by molar-refractivity contribution is 9.10. The number of halogens is 1. The van der Waals surface area contributed by atoms with Crippen molar-refractivity contribution >= 4 is 27.5 Å². The summed E-state index contributed by atoms with van der Waals surface area (Å²) in [6, 6.07) is 9.78. The number of aromatic hydroxyl groups is 1. The number of benzene rings is 1. The third-order valence-corrected chi connectivity index (χ3v) is 2.81. The summed E-state index contributed by atoms with van der Waals surface area (Å²) in [6.07, 6.45) is 0. The first-order chi connectivity index (χ1) is 9.06. The summed E-state index contributed by atoms with van der Waals surface area (Å²) in [5.41, 5.74) is 3.68. The minimum absolute atomic E-state index is 0.147. The van der Waals surface area contributed by atoms with Gasteiger partial charge in [-0.25, -0.2) is 5.43 Å². The first-order valence-corrected chi connectivity index (χ1v) is 6.25. The van der Waals surface area contributed by atoms with Crippen LogP contribution in [0.4, 0.5) is 0 Å².